The summed E-state index contributed by atoms with van der Waals surface area (Å²) in [6.07, 6.45) is 0.933. The van der Waals surface area contributed by atoms with Gasteiger partial charge in [0.2, 0.25) is 0 Å². The Hall–Kier alpha value is -5.40. The summed E-state index contributed by atoms with van der Waals surface area (Å²) in [5.74, 6) is 0. The van der Waals surface area contributed by atoms with Crippen molar-refractivity contribution in [3.63, 3.8) is 0 Å². The molecule has 0 spiro atoms. The molecule has 2 aliphatic rings. The minimum absolute atomic E-state index is 0.0638. The molecule has 1 aromatic heterocycles. The molecular formula is C44H31N. The minimum atomic E-state index is -0.0638. The molecule has 0 atom stereocenters. The van der Waals surface area contributed by atoms with Gasteiger partial charge in [-0.1, -0.05) is 123 Å². The molecule has 7 aromatic carbocycles. The van der Waals surface area contributed by atoms with Crippen molar-refractivity contribution in [1.82, 2.24) is 4.57 Å². The average molecular weight is 574 g/mol. The van der Waals surface area contributed by atoms with Gasteiger partial charge in [-0.2, -0.15) is 0 Å². The molecule has 0 saturated heterocycles. The maximum atomic E-state index is 2.54. The molecule has 1 heteroatoms. The van der Waals surface area contributed by atoms with Gasteiger partial charge >= 0.3 is 0 Å². The van der Waals surface area contributed by atoms with Crippen molar-refractivity contribution in [2.75, 3.05) is 0 Å². The third kappa shape index (κ3) is 3.33. The van der Waals surface area contributed by atoms with Gasteiger partial charge in [0.1, 0.15) is 0 Å². The van der Waals surface area contributed by atoms with Crippen LogP contribution in [-0.2, 0) is 11.8 Å². The molecule has 0 radical (unpaired) electrons. The molecule has 0 unspecified atom stereocenters. The van der Waals surface area contributed by atoms with Crippen molar-refractivity contribution in [3.8, 4) is 39.1 Å². The zero-order valence-corrected chi connectivity index (χ0v) is 25.4. The van der Waals surface area contributed by atoms with Gasteiger partial charge in [0, 0.05) is 27.3 Å². The van der Waals surface area contributed by atoms with Gasteiger partial charge in [0.15, 0.2) is 0 Å². The SMILES string of the molecule is CC1(C)c2ccccc2-c2cc3c4cc5c6c(cccc6c4n(-c4ccc(Cc6ccccc6)cc4)c3cc21)-c1ccccc1-5. The summed E-state index contributed by atoms with van der Waals surface area (Å²) >= 11 is 0. The first-order valence-corrected chi connectivity index (χ1v) is 16.0. The van der Waals surface area contributed by atoms with Crippen molar-refractivity contribution < 1.29 is 0 Å². The lowest BCUT2D eigenvalue weighted by atomic mass is 9.82. The smallest absolute Gasteiger partial charge is 0.0620 e. The highest BCUT2D eigenvalue weighted by atomic mass is 15.0. The summed E-state index contributed by atoms with van der Waals surface area (Å²) in [4.78, 5) is 0. The predicted octanol–water partition coefficient (Wildman–Crippen LogP) is 11.5. The fraction of sp³-hybridized carbons (Fsp3) is 0.0909. The summed E-state index contributed by atoms with van der Waals surface area (Å²) in [6, 6.07) is 52.2. The van der Waals surface area contributed by atoms with Gasteiger partial charge < -0.3 is 4.57 Å². The first-order valence-electron chi connectivity index (χ1n) is 16.0. The Bertz CT molecular complexity index is 2510. The number of hydrogen-bond donors (Lipinski definition) is 0. The second-order valence-electron chi connectivity index (χ2n) is 13.3. The van der Waals surface area contributed by atoms with E-state index in [-0.39, 0.29) is 5.41 Å². The number of hydrogen-bond acceptors (Lipinski definition) is 0. The quantitative estimate of drug-likeness (QED) is 0.198. The molecule has 1 heterocycles. The van der Waals surface area contributed by atoms with E-state index in [1.807, 2.05) is 0 Å². The summed E-state index contributed by atoms with van der Waals surface area (Å²) in [6.45, 7) is 4.76. The Morgan fingerprint density at radius 3 is 1.91 bits per heavy atom. The molecule has 212 valence electrons. The van der Waals surface area contributed by atoms with Crippen LogP contribution in [0.5, 0.6) is 0 Å². The Balaban J connectivity index is 1.30. The van der Waals surface area contributed by atoms with Crippen LogP contribution < -0.4 is 0 Å². The predicted molar refractivity (Wildman–Crippen MR) is 190 cm³/mol. The molecular weight excluding hydrogens is 542 g/mol. The molecule has 0 fully saturated rings. The van der Waals surface area contributed by atoms with Gasteiger partial charge in [0.05, 0.1) is 11.0 Å². The van der Waals surface area contributed by atoms with Crippen molar-refractivity contribution in [1.29, 1.82) is 0 Å². The molecule has 10 rings (SSSR count). The topological polar surface area (TPSA) is 4.93 Å². The zero-order chi connectivity index (χ0) is 29.9. The summed E-state index contributed by atoms with van der Waals surface area (Å²) in [5.41, 5.74) is 17.3. The third-order valence-corrected chi connectivity index (χ3v) is 10.5. The molecule has 0 bridgehead atoms. The molecule has 0 N–H and O–H groups in total. The molecule has 1 nitrogen and oxygen atoms in total. The van der Waals surface area contributed by atoms with E-state index in [1.54, 1.807) is 0 Å². The lowest BCUT2D eigenvalue weighted by Crippen LogP contribution is -2.14. The largest absolute Gasteiger partial charge is 0.309 e. The summed E-state index contributed by atoms with van der Waals surface area (Å²) < 4.78 is 2.54. The van der Waals surface area contributed by atoms with Crippen LogP contribution in [0.3, 0.4) is 0 Å². The van der Waals surface area contributed by atoms with Gasteiger partial charge in [-0.15, -0.1) is 0 Å². The Morgan fingerprint density at radius 1 is 0.467 bits per heavy atom. The second-order valence-corrected chi connectivity index (χ2v) is 13.3. The highest BCUT2D eigenvalue weighted by molar-refractivity contribution is 6.28. The van der Waals surface area contributed by atoms with Gasteiger partial charge in [-0.05, 0) is 97.8 Å². The Kier molecular flexibility index (Phi) is 4.90. The molecule has 8 aromatic rings. The van der Waals surface area contributed by atoms with Gasteiger partial charge in [-0.25, -0.2) is 0 Å². The standard InChI is InChI=1S/C44H31N/c1-44(2)39-18-9-8-15-32(39)35-24-36-38-25-37-31-14-7-6-13-30(31)33-16-10-17-34(42(33)37)43(38)45(41(36)26-40(35)44)29-21-19-28(20-22-29)23-27-11-4-3-5-12-27/h3-22,24-26H,23H2,1-2H3. The van der Waals surface area contributed by atoms with Gasteiger partial charge in [-0.3, -0.25) is 0 Å². The van der Waals surface area contributed by atoms with Crippen molar-refractivity contribution >= 4 is 32.6 Å². The first-order chi connectivity index (χ1) is 22.1. The van der Waals surface area contributed by atoms with E-state index in [4.69, 9.17) is 0 Å². The van der Waals surface area contributed by atoms with Crippen LogP contribution in [0, 0.1) is 0 Å². The molecule has 0 saturated carbocycles. The van der Waals surface area contributed by atoms with E-state index in [0.717, 1.165) is 6.42 Å². The average Bonchev–Trinajstić information content (AvgIpc) is 3.66. The van der Waals surface area contributed by atoms with E-state index in [9.17, 15) is 0 Å². The van der Waals surface area contributed by atoms with E-state index >= 15 is 0 Å². The molecule has 0 amide bonds. The fourth-order valence-corrected chi connectivity index (χ4v) is 8.43. The summed E-state index contributed by atoms with van der Waals surface area (Å²) in [5, 5.41) is 5.33. The van der Waals surface area contributed by atoms with Crippen LogP contribution >= 0.6 is 0 Å². The number of benzene rings is 7. The van der Waals surface area contributed by atoms with Gasteiger partial charge in [0.25, 0.3) is 0 Å². The minimum Gasteiger partial charge on any atom is -0.309 e. The number of rotatable bonds is 3. The zero-order valence-electron chi connectivity index (χ0n) is 25.4. The van der Waals surface area contributed by atoms with Crippen molar-refractivity contribution in [3.05, 3.63) is 162 Å². The van der Waals surface area contributed by atoms with Crippen LogP contribution in [0.1, 0.15) is 36.1 Å². The van der Waals surface area contributed by atoms with Crippen molar-refractivity contribution in [2.24, 2.45) is 0 Å². The summed E-state index contributed by atoms with van der Waals surface area (Å²) in [7, 11) is 0. The van der Waals surface area contributed by atoms with E-state index in [1.165, 1.54) is 93.9 Å². The maximum absolute atomic E-state index is 2.54. The van der Waals surface area contributed by atoms with Crippen LogP contribution in [0.4, 0.5) is 0 Å². The van der Waals surface area contributed by atoms with Crippen LogP contribution in [-0.4, -0.2) is 4.57 Å². The molecule has 0 aliphatic heterocycles. The first kappa shape index (κ1) is 25.0. The third-order valence-electron chi connectivity index (χ3n) is 10.5. The monoisotopic (exact) mass is 573 g/mol. The lowest BCUT2D eigenvalue weighted by Gasteiger charge is -2.21. The number of nitrogens with zero attached hydrogens (tertiary/aromatic N) is 1. The molecule has 2 aliphatic carbocycles. The van der Waals surface area contributed by atoms with Crippen LogP contribution in [0.25, 0.3) is 71.6 Å². The van der Waals surface area contributed by atoms with E-state index in [2.05, 4.69) is 158 Å². The number of fused-ring (bicyclic) bond motifs is 10. The van der Waals surface area contributed by atoms with E-state index < -0.39 is 0 Å². The highest BCUT2D eigenvalue weighted by Crippen LogP contribution is 2.54. The van der Waals surface area contributed by atoms with Crippen LogP contribution in [0.2, 0.25) is 0 Å². The normalized spacial score (nSPS) is 13.8. The maximum Gasteiger partial charge on any atom is 0.0620 e. The van der Waals surface area contributed by atoms with Crippen LogP contribution in [0.15, 0.2) is 140 Å². The Morgan fingerprint density at radius 2 is 1.11 bits per heavy atom. The Labute approximate surface area is 263 Å². The van der Waals surface area contributed by atoms with E-state index in [0.29, 0.717) is 0 Å². The highest BCUT2D eigenvalue weighted by Gasteiger charge is 2.36. The second kappa shape index (κ2) is 8.83. The fourth-order valence-electron chi connectivity index (χ4n) is 8.43. The lowest BCUT2D eigenvalue weighted by molar-refractivity contribution is 0.661. The van der Waals surface area contributed by atoms with Crippen molar-refractivity contribution in [2.45, 2.75) is 25.7 Å². The number of aromatic nitrogens is 1. The molecule has 45 heavy (non-hydrogen) atoms.